The molecule has 0 bridgehead atoms. The van der Waals surface area contributed by atoms with Gasteiger partial charge in [0.1, 0.15) is 0 Å². The van der Waals surface area contributed by atoms with E-state index in [9.17, 15) is 0 Å². The Labute approximate surface area is 114 Å². The van der Waals surface area contributed by atoms with E-state index in [4.69, 9.17) is 4.74 Å². The quantitative estimate of drug-likeness (QED) is 0.658. The number of nitrogens with one attached hydrogen (secondary N) is 1. The number of hydrogen-bond acceptors (Lipinski definition) is 2. The van der Waals surface area contributed by atoms with Crippen LogP contribution in [0.1, 0.15) is 72.6 Å². The Morgan fingerprint density at radius 2 is 1.94 bits per heavy atom. The van der Waals surface area contributed by atoms with Crippen molar-refractivity contribution in [3.8, 4) is 0 Å². The molecule has 0 aromatic carbocycles. The Balaban J connectivity index is 2.31. The molecule has 0 heterocycles. The van der Waals surface area contributed by atoms with Gasteiger partial charge >= 0.3 is 0 Å². The van der Waals surface area contributed by atoms with Crippen molar-refractivity contribution in [2.75, 3.05) is 13.2 Å². The second-order valence-corrected chi connectivity index (χ2v) is 6.54. The summed E-state index contributed by atoms with van der Waals surface area (Å²) in [5, 5.41) is 3.60. The van der Waals surface area contributed by atoms with Crippen LogP contribution in [-0.4, -0.2) is 25.3 Å². The lowest BCUT2D eigenvalue weighted by Crippen LogP contribution is -2.47. The van der Waals surface area contributed by atoms with Crippen LogP contribution in [0.2, 0.25) is 0 Å². The topological polar surface area (TPSA) is 21.3 Å². The summed E-state index contributed by atoms with van der Waals surface area (Å²) in [7, 11) is 0. The predicted molar refractivity (Wildman–Crippen MR) is 79.0 cm³/mol. The molecular formula is C16H33NO. The van der Waals surface area contributed by atoms with Crippen molar-refractivity contribution in [1.29, 1.82) is 0 Å². The van der Waals surface area contributed by atoms with E-state index in [1.54, 1.807) is 0 Å². The monoisotopic (exact) mass is 255 g/mol. The maximum Gasteiger partial charge on any atom is 0.0733 e. The van der Waals surface area contributed by atoms with Gasteiger partial charge in [0, 0.05) is 12.6 Å². The molecule has 0 aliphatic heterocycles. The van der Waals surface area contributed by atoms with Crippen LogP contribution in [0.15, 0.2) is 0 Å². The minimum absolute atomic E-state index is 0.426. The van der Waals surface area contributed by atoms with Gasteiger partial charge in [-0.15, -0.1) is 0 Å². The first kappa shape index (κ1) is 16.0. The van der Waals surface area contributed by atoms with E-state index in [2.05, 4.69) is 33.0 Å². The third-order valence-corrected chi connectivity index (χ3v) is 4.13. The molecule has 1 fully saturated rings. The summed E-state index contributed by atoms with van der Waals surface area (Å²) < 4.78 is 6.17. The number of likely N-dealkylation sites (N-methyl/N-ethyl adjacent to an activating group) is 1. The van der Waals surface area contributed by atoms with Crippen LogP contribution in [0.3, 0.4) is 0 Å². The lowest BCUT2D eigenvalue weighted by molar-refractivity contribution is -0.0290. The zero-order chi connectivity index (χ0) is 13.4. The lowest BCUT2D eigenvalue weighted by atomic mass is 9.74. The molecule has 2 nitrogen and oxygen atoms in total. The first-order valence-corrected chi connectivity index (χ1v) is 7.94. The second-order valence-electron chi connectivity index (χ2n) is 6.54. The van der Waals surface area contributed by atoms with Gasteiger partial charge in [0.05, 0.1) is 6.10 Å². The summed E-state index contributed by atoms with van der Waals surface area (Å²) in [4.78, 5) is 0. The summed E-state index contributed by atoms with van der Waals surface area (Å²) in [5.41, 5.74) is 0.458. The average molecular weight is 255 g/mol. The van der Waals surface area contributed by atoms with Gasteiger partial charge in [-0.25, -0.2) is 0 Å². The summed E-state index contributed by atoms with van der Waals surface area (Å²) in [6.07, 6.45) is 9.41. The molecule has 0 amide bonds. The maximum absolute atomic E-state index is 6.17. The standard InChI is InChI=1S/C16H33NO/c1-5-7-8-9-12-18-15-13-16(3,4)11-10-14(15)17-6-2/h14-15,17H,5-13H2,1-4H3. The van der Waals surface area contributed by atoms with Crippen molar-refractivity contribution < 1.29 is 4.74 Å². The fraction of sp³-hybridized carbons (Fsp3) is 1.00. The largest absolute Gasteiger partial charge is 0.377 e. The Bertz CT molecular complexity index is 215. The minimum atomic E-state index is 0.426. The van der Waals surface area contributed by atoms with Gasteiger partial charge in [-0.3, -0.25) is 0 Å². The predicted octanol–water partition coefficient (Wildman–Crippen LogP) is 4.14. The van der Waals surface area contributed by atoms with Crippen LogP contribution in [-0.2, 0) is 4.74 Å². The number of unbranched alkanes of at least 4 members (excludes halogenated alkanes) is 3. The van der Waals surface area contributed by atoms with Gasteiger partial charge in [0.25, 0.3) is 0 Å². The molecule has 0 radical (unpaired) electrons. The van der Waals surface area contributed by atoms with E-state index in [0.29, 0.717) is 17.6 Å². The summed E-state index contributed by atoms with van der Waals surface area (Å²) in [6, 6.07) is 0.578. The highest BCUT2D eigenvalue weighted by atomic mass is 16.5. The van der Waals surface area contributed by atoms with Crippen LogP contribution >= 0.6 is 0 Å². The highest BCUT2D eigenvalue weighted by molar-refractivity contribution is 4.89. The molecular weight excluding hydrogens is 222 g/mol. The normalized spacial score (nSPS) is 27.3. The smallest absolute Gasteiger partial charge is 0.0733 e. The molecule has 1 saturated carbocycles. The third-order valence-electron chi connectivity index (χ3n) is 4.13. The minimum Gasteiger partial charge on any atom is -0.377 e. The van der Waals surface area contributed by atoms with Gasteiger partial charge in [-0.2, -0.15) is 0 Å². The van der Waals surface area contributed by atoms with Crippen LogP contribution in [0.25, 0.3) is 0 Å². The third kappa shape index (κ3) is 5.71. The maximum atomic E-state index is 6.17. The molecule has 1 aliphatic rings. The highest BCUT2D eigenvalue weighted by Crippen LogP contribution is 2.36. The van der Waals surface area contributed by atoms with E-state index in [1.165, 1.54) is 44.9 Å². The van der Waals surface area contributed by atoms with E-state index in [-0.39, 0.29) is 0 Å². The molecule has 18 heavy (non-hydrogen) atoms. The van der Waals surface area contributed by atoms with Crippen LogP contribution < -0.4 is 5.32 Å². The van der Waals surface area contributed by atoms with E-state index in [1.807, 2.05) is 0 Å². The van der Waals surface area contributed by atoms with E-state index >= 15 is 0 Å². The van der Waals surface area contributed by atoms with Crippen molar-refractivity contribution in [1.82, 2.24) is 5.32 Å². The summed E-state index contributed by atoms with van der Waals surface area (Å²) in [5.74, 6) is 0. The molecule has 0 saturated heterocycles. The van der Waals surface area contributed by atoms with Gasteiger partial charge in [0.2, 0.25) is 0 Å². The summed E-state index contributed by atoms with van der Waals surface area (Å²) >= 11 is 0. The van der Waals surface area contributed by atoms with Crippen molar-refractivity contribution >= 4 is 0 Å². The molecule has 2 heteroatoms. The molecule has 1 aliphatic carbocycles. The number of ether oxygens (including phenoxy) is 1. The van der Waals surface area contributed by atoms with Crippen molar-refractivity contribution in [3.63, 3.8) is 0 Å². The van der Waals surface area contributed by atoms with E-state index < -0.39 is 0 Å². The molecule has 2 unspecified atom stereocenters. The lowest BCUT2D eigenvalue weighted by Gasteiger charge is -2.41. The van der Waals surface area contributed by atoms with Gasteiger partial charge < -0.3 is 10.1 Å². The highest BCUT2D eigenvalue weighted by Gasteiger charge is 2.34. The van der Waals surface area contributed by atoms with Crippen LogP contribution in [0.5, 0.6) is 0 Å². The molecule has 1 N–H and O–H groups in total. The second kappa shape index (κ2) is 8.16. The molecule has 1 rings (SSSR count). The molecule has 2 atom stereocenters. The van der Waals surface area contributed by atoms with Gasteiger partial charge in [-0.05, 0) is 37.6 Å². The van der Waals surface area contributed by atoms with Crippen molar-refractivity contribution in [3.05, 3.63) is 0 Å². The summed E-state index contributed by atoms with van der Waals surface area (Å²) in [6.45, 7) is 11.2. The Hall–Kier alpha value is -0.0800. The fourth-order valence-corrected chi connectivity index (χ4v) is 2.96. The Kier molecular flexibility index (Phi) is 7.25. The molecule has 0 aromatic heterocycles. The van der Waals surface area contributed by atoms with E-state index in [0.717, 1.165) is 13.2 Å². The van der Waals surface area contributed by atoms with Gasteiger partial charge in [0.15, 0.2) is 0 Å². The van der Waals surface area contributed by atoms with Crippen molar-refractivity contribution in [2.24, 2.45) is 5.41 Å². The molecule has 108 valence electrons. The molecule has 0 spiro atoms. The zero-order valence-corrected chi connectivity index (χ0v) is 12.9. The Morgan fingerprint density at radius 1 is 1.17 bits per heavy atom. The first-order chi connectivity index (χ1) is 8.59. The van der Waals surface area contributed by atoms with Gasteiger partial charge in [-0.1, -0.05) is 47.0 Å². The first-order valence-electron chi connectivity index (χ1n) is 7.94. The zero-order valence-electron chi connectivity index (χ0n) is 12.9. The van der Waals surface area contributed by atoms with Crippen molar-refractivity contribution in [2.45, 2.75) is 84.8 Å². The van der Waals surface area contributed by atoms with Crippen LogP contribution in [0, 0.1) is 5.41 Å². The Morgan fingerprint density at radius 3 is 2.61 bits per heavy atom. The van der Waals surface area contributed by atoms with Crippen LogP contribution in [0.4, 0.5) is 0 Å². The fourth-order valence-electron chi connectivity index (χ4n) is 2.96. The average Bonchev–Trinajstić information content (AvgIpc) is 2.32. The molecule has 0 aromatic rings. The number of hydrogen-bond donors (Lipinski definition) is 1. The number of rotatable bonds is 8. The SMILES string of the molecule is CCCCCCOC1CC(C)(C)CCC1NCC.